The van der Waals surface area contributed by atoms with Crippen LogP contribution in [0.1, 0.15) is 17.5 Å². The Balaban J connectivity index is 1.87. The molecule has 0 radical (unpaired) electrons. The molecule has 0 aliphatic carbocycles. The fourth-order valence-corrected chi connectivity index (χ4v) is 3.07. The summed E-state index contributed by atoms with van der Waals surface area (Å²) in [5.41, 5.74) is 1.91. The monoisotopic (exact) mass is 346 g/mol. The van der Waals surface area contributed by atoms with Crippen LogP contribution in [0.3, 0.4) is 0 Å². The Labute approximate surface area is 143 Å². The summed E-state index contributed by atoms with van der Waals surface area (Å²) in [5, 5.41) is 2.81. The Morgan fingerprint density at radius 2 is 1.50 bits per heavy atom. The van der Waals surface area contributed by atoms with Crippen molar-refractivity contribution < 1.29 is 13.2 Å². The van der Waals surface area contributed by atoms with Crippen LogP contribution in [0.15, 0.2) is 60.7 Å². The van der Waals surface area contributed by atoms with Gasteiger partial charge in [-0.15, -0.1) is 0 Å². The molecule has 0 aliphatic heterocycles. The number of nitrogens with zero attached hydrogens (tertiary/aromatic N) is 1. The van der Waals surface area contributed by atoms with Gasteiger partial charge in [0.05, 0.1) is 6.26 Å². The van der Waals surface area contributed by atoms with Crippen molar-refractivity contribution in [3.05, 3.63) is 71.8 Å². The minimum Gasteiger partial charge on any atom is -0.352 e. The minimum atomic E-state index is -3.37. The summed E-state index contributed by atoms with van der Waals surface area (Å²) in [6.07, 6.45) is 1.30. The third kappa shape index (κ3) is 6.14. The van der Waals surface area contributed by atoms with Crippen molar-refractivity contribution in [2.75, 3.05) is 12.8 Å². The molecule has 0 bridgehead atoms. The Morgan fingerprint density at radius 1 is 0.958 bits per heavy atom. The van der Waals surface area contributed by atoms with Gasteiger partial charge in [0, 0.05) is 26.1 Å². The lowest BCUT2D eigenvalue weighted by atomic mass is 10.2. The lowest BCUT2D eigenvalue weighted by Gasteiger charge is -2.19. The third-order valence-corrected chi connectivity index (χ3v) is 4.84. The molecular formula is C18H22N2O3S. The van der Waals surface area contributed by atoms with Crippen LogP contribution in [0, 0.1) is 0 Å². The Morgan fingerprint density at radius 3 is 2.04 bits per heavy atom. The average molecular weight is 346 g/mol. The number of rotatable bonds is 8. The number of benzene rings is 2. The van der Waals surface area contributed by atoms with Gasteiger partial charge in [0.15, 0.2) is 0 Å². The Kier molecular flexibility index (Phi) is 6.52. The van der Waals surface area contributed by atoms with E-state index in [-0.39, 0.29) is 25.4 Å². The number of hydrogen-bond donors (Lipinski definition) is 1. The molecule has 2 aromatic rings. The molecule has 0 aliphatic rings. The first-order valence-electron chi connectivity index (χ1n) is 7.75. The van der Waals surface area contributed by atoms with Crippen LogP contribution >= 0.6 is 0 Å². The lowest BCUT2D eigenvalue weighted by Crippen LogP contribution is -2.34. The molecule has 2 rings (SSSR count). The van der Waals surface area contributed by atoms with Gasteiger partial charge >= 0.3 is 0 Å². The Hall–Kier alpha value is -2.18. The van der Waals surface area contributed by atoms with E-state index in [4.69, 9.17) is 0 Å². The van der Waals surface area contributed by atoms with Crippen LogP contribution in [-0.2, 0) is 27.9 Å². The van der Waals surface area contributed by atoms with E-state index in [1.54, 1.807) is 0 Å². The summed E-state index contributed by atoms with van der Waals surface area (Å²) in [6, 6.07) is 18.9. The molecule has 0 fully saturated rings. The van der Waals surface area contributed by atoms with E-state index in [1.807, 2.05) is 60.7 Å². The molecule has 1 amide bonds. The van der Waals surface area contributed by atoms with Crippen LogP contribution in [0.2, 0.25) is 0 Å². The van der Waals surface area contributed by atoms with Crippen molar-refractivity contribution in [3.63, 3.8) is 0 Å². The fraction of sp³-hybridized carbons (Fsp3) is 0.278. The lowest BCUT2D eigenvalue weighted by molar-refractivity contribution is -0.121. The molecule has 5 nitrogen and oxygen atoms in total. The van der Waals surface area contributed by atoms with Gasteiger partial charge in [0.25, 0.3) is 0 Å². The van der Waals surface area contributed by atoms with E-state index >= 15 is 0 Å². The van der Waals surface area contributed by atoms with E-state index in [1.165, 1.54) is 4.31 Å². The van der Waals surface area contributed by atoms with Crippen LogP contribution < -0.4 is 5.32 Å². The summed E-state index contributed by atoms with van der Waals surface area (Å²) in [6.45, 7) is 0.872. The summed E-state index contributed by atoms with van der Waals surface area (Å²) in [7, 11) is -3.37. The average Bonchev–Trinajstić information content (AvgIpc) is 2.57. The van der Waals surface area contributed by atoms with Crippen LogP contribution in [-0.4, -0.2) is 31.4 Å². The molecular weight excluding hydrogens is 324 g/mol. The van der Waals surface area contributed by atoms with E-state index in [0.29, 0.717) is 6.54 Å². The van der Waals surface area contributed by atoms with Crippen molar-refractivity contribution in [2.45, 2.75) is 19.5 Å². The van der Waals surface area contributed by atoms with Crippen molar-refractivity contribution in [3.8, 4) is 0 Å². The number of hydrogen-bond acceptors (Lipinski definition) is 3. The smallest absolute Gasteiger partial charge is 0.221 e. The van der Waals surface area contributed by atoms with Crippen molar-refractivity contribution in [1.29, 1.82) is 0 Å². The highest BCUT2D eigenvalue weighted by atomic mass is 32.2. The normalized spacial score (nSPS) is 11.4. The second-order valence-electron chi connectivity index (χ2n) is 5.59. The van der Waals surface area contributed by atoms with Gasteiger partial charge in [-0.25, -0.2) is 8.42 Å². The maximum Gasteiger partial charge on any atom is 0.221 e. The molecule has 0 atom stereocenters. The van der Waals surface area contributed by atoms with Gasteiger partial charge < -0.3 is 5.32 Å². The van der Waals surface area contributed by atoms with Crippen molar-refractivity contribution in [2.24, 2.45) is 0 Å². The van der Waals surface area contributed by atoms with E-state index in [9.17, 15) is 13.2 Å². The second-order valence-corrected chi connectivity index (χ2v) is 7.58. The predicted octanol–water partition coefficient (Wildman–Crippen LogP) is 2.15. The molecule has 128 valence electrons. The highest BCUT2D eigenvalue weighted by Crippen LogP contribution is 2.09. The molecule has 24 heavy (non-hydrogen) atoms. The van der Waals surface area contributed by atoms with Crippen LogP contribution in [0.25, 0.3) is 0 Å². The summed E-state index contributed by atoms with van der Waals surface area (Å²) in [4.78, 5) is 12.0. The molecule has 0 saturated heterocycles. The van der Waals surface area contributed by atoms with Gasteiger partial charge in [-0.05, 0) is 11.1 Å². The summed E-state index contributed by atoms with van der Waals surface area (Å²) >= 11 is 0. The van der Waals surface area contributed by atoms with Crippen LogP contribution in [0.5, 0.6) is 0 Å². The second kappa shape index (κ2) is 8.61. The maximum atomic E-state index is 12.0. The number of carbonyl (C=O) groups excluding carboxylic acids is 1. The zero-order chi connectivity index (χ0) is 17.4. The quantitative estimate of drug-likeness (QED) is 0.796. The highest BCUT2D eigenvalue weighted by Gasteiger charge is 2.18. The van der Waals surface area contributed by atoms with Gasteiger partial charge in [-0.2, -0.15) is 4.31 Å². The van der Waals surface area contributed by atoms with Gasteiger partial charge in [0.2, 0.25) is 15.9 Å². The van der Waals surface area contributed by atoms with Crippen molar-refractivity contribution >= 4 is 15.9 Å². The van der Waals surface area contributed by atoms with Crippen molar-refractivity contribution in [1.82, 2.24) is 9.62 Å². The number of nitrogens with one attached hydrogen (secondary N) is 1. The number of carbonyl (C=O) groups is 1. The minimum absolute atomic E-state index is 0.132. The summed E-state index contributed by atoms with van der Waals surface area (Å²) < 4.78 is 25.2. The highest BCUT2D eigenvalue weighted by molar-refractivity contribution is 7.88. The van der Waals surface area contributed by atoms with E-state index < -0.39 is 10.0 Å². The zero-order valence-electron chi connectivity index (χ0n) is 13.7. The first kappa shape index (κ1) is 18.2. The van der Waals surface area contributed by atoms with Crippen LogP contribution in [0.4, 0.5) is 0 Å². The largest absolute Gasteiger partial charge is 0.352 e. The first-order valence-corrected chi connectivity index (χ1v) is 9.59. The Bertz CT molecular complexity index is 746. The topological polar surface area (TPSA) is 66.5 Å². The molecule has 0 spiro atoms. The molecule has 0 heterocycles. The summed E-state index contributed by atoms with van der Waals surface area (Å²) in [5.74, 6) is -0.166. The maximum absolute atomic E-state index is 12.0. The molecule has 6 heteroatoms. The molecule has 1 N–H and O–H groups in total. The third-order valence-electron chi connectivity index (χ3n) is 3.59. The van der Waals surface area contributed by atoms with E-state index in [0.717, 1.165) is 17.4 Å². The fourth-order valence-electron chi connectivity index (χ4n) is 2.26. The number of amides is 1. The van der Waals surface area contributed by atoms with Gasteiger partial charge in [-0.3, -0.25) is 4.79 Å². The van der Waals surface area contributed by atoms with Gasteiger partial charge in [0.1, 0.15) is 0 Å². The molecule has 0 saturated carbocycles. The molecule has 2 aromatic carbocycles. The zero-order valence-corrected chi connectivity index (χ0v) is 14.5. The first-order chi connectivity index (χ1) is 11.4. The van der Waals surface area contributed by atoms with E-state index in [2.05, 4.69) is 5.32 Å². The molecule has 0 aromatic heterocycles. The van der Waals surface area contributed by atoms with Gasteiger partial charge in [-0.1, -0.05) is 60.7 Å². The predicted molar refractivity (Wildman–Crippen MR) is 94.6 cm³/mol. The standard InChI is InChI=1S/C18H22N2O3S/c1-24(22,23)20(15-17-10-6-3-7-11-17)13-12-18(21)19-14-16-8-4-2-5-9-16/h2-11H,12-15H2,1H3,(H,19,21). The SMILES string of the molecule is CS(=O)(=O)N(CCC(=O)NCc1ccccc1)Cc1ccccc1. The number of sulfonamides is 1. The molecule has 0 unspecified atom stereocenters.